The summed E-state index contributed by atoms with van der Waals surface area (Å²) in [7, 11) is 1.91. The van der Waals surface area contributed by atoms with Gasteiger partial charge in [0.25, 0.3) is 0 Å². The number of nitrogens with one attached hydrogen (secondary N) is 1. The molecule has 0 aliphatic rings. The van der Waals surface area contributed by atoms with Crippen LogP contribution in [-0.4, -0.2) is 16.8 Å². The molecule has 2 aromatic carbocycles. The van der Waals surface area contributed by atoms with Crippen molar-refractivity contribution in [2.24, 2.45) is 0 Å². The molecule has 0 spiro atoms. The molecular formula is C17H16ClN3. The summed E-state index contributed by atoms with van der Waals surface area (Å²) in [6.45, 7) is 0.766. The molecule has 0 fully saturated rings. The van der Waals surface area contributed by atoms with Crippen LogP contribution in [0.5, 0.6) is 0 Å². The van der Waals surface area contributed by atoms with Crippen LogP contribution in [0.25, 0.3) is 16.8 Å². The van der Waals surface area contributed by atoms with Gasteiger partial charge < -0.3 is 5.32 Å². The summed E-state index contributed by atoms with van der Waals surface area (Å²) in [5.74, 6) is 0. The van der Waals surface area contributed by atoms with Crippen LogP contribution >= 0.6 is 11.6 Å². The van der Waals surface area contributed by atoms with E-state index in [1.54, 1.807) is 0 Å². The maximum absolute atomic E-state index is 6.31. The van der Waals surface area contributed by atoms with Crippen molar-refractivity contribution in [2.75, 3.05) is 7.05 Å². The monoisotopic (exact) mass is 297 g/mol. The molecule has 0 bridgehead atoms. The third kappa shape index (κ3) is 2.99. The van der Waals surface area contributed by atoms with E-state index >= 15 is 0 Å². The summed E-state index contributed by atoms with van der Waals surface area (Å²) in [5, 5.41) is 8.29. The molecule has 1 heterocycles. The lowest BCUT2D eigenvalue weighted by Gasteiger charge is -2.05. The molecule has 1 N–H and O–H groups in total. The number of benzene rings is 2. The maximum atomic E-state index is 6.31. The Morgan fingerprint density at radius 3 is 2.62 bits per heavy atom. The zero-order valence-electron chi connectivity index (χ0n) is 11.8. The third-order valence-corrected chi connectivity index (χ3v) is 3.71. The summed E-state index contributed by atoms with van der Waals surface area (Å²) in [4.78, 5) is 0. The summed E-state index contributed by atoms with van der Waals surface area (Å²) in [6.07, 6.45) is 3.87. The number of aromatic nitrogens is 2. The molecule has 1 aromatic heterocycles. The zero-order chi connectivity index (χ0) is 14.7. The van der Waals surface area contributed by atoms with Crippen molar-refractivity contribution in [2.45, 2.75) is 6.54 Å². The molecular weight excluding hydrogens is 282 g/mol. The fourth-order valence-corrected chi connectivity index (χ4v) is 2.50. The van der Waals surface area contributed by atoms with Gasteiger partial charge in [0.1, 0.15) is 0 Å². The predicted molar refractivity (Wildman–Crippen MR) is 86.8 cm³/mol. The van der Waals surface area contributed by atoms with Gasteiger partial charge in [-0.15, -0.1) is 0 Å². The normalized spacial score (nSPS) is 10.8. The van der Waals surface area contributed by atoms with Gasteiger partial charge in [-0.05, 0) is 36.4 Å². The fraction of sp³-hybridized carbons (Fsp3) is 0.118. The molecule has 3 aromatic rings. The quantitative estimate of drug-likeness (QED) is 0.791. The SMILES string of the molecule is CNCc1ccc(-c2cnn(-c3ccccc3)c2)cc1Cl. The van der Waals surface area contributed by atoms with Gasteiger partial charge in [-0.2, -0.15) is 5.10 Å². The fourth-order valence-electron chi connectivity index (χ4n) is 2.25. The number of hydrogen-bond donors (Lipinski definition) is 1. The molecule has 0 saturated heterocycles. The molecule has 3 nitrogen and oxygen atoms in total. The van der Waals surface area contributed by atoms with Gasteiger partial charge >= 0.3 is 0 Å². The van der Waals surface area contributed by atoms with Crippen LogP contribution in [0.2, 0.25) is 5.02 Å². The van der Waals surface area contributed by atoms with E-state index in [0.29, 0.717) is 0 Å². The van der Waals surface area contributed by atoms with E-state index < -0.39 is 0 Å². The molecule has 4 heteroatoms. The average molecular weight is 298 g/mol. The van der Waals surface area contributed by atoms with Crippen molar-refractivity contribution in [3.8, 4) is 16.8 Å². The smallest absolute Gasteiger partial charge is 0.0645 e. The minimum Gasteiger partial charge on any atom is -0.316 e. The van der Waals surface area contributed by atoms with E-state index in [9.17, 15) is 0 Å². The second-order valence-corrected chi connectivity index (χ2v) is 5.25. The second-order valence-electron chi connectivity index (χ2n) is 4.85. The first-order valence-corrected chi connectivity index (χ1v) is 7.19. The van der Waals surface area contributed by atoms with E-state index in [4.69, 9.17) is 11.6 Å². The van der Waals surface area contributed by atoms with Crippen LogP contribution in [0.1, 0.15) is 5.56 Å². The maximum Gasteiger partial charge on any atom is 0.0645 e. The number of rotatable bonds is 4. The van der Waals surface area contributed by atoms with Crippen molar-refractivity contribution in [3.05, 3.63) is 71.5 Å². The van der Waals surface area contributed by atoms with Gasteiger partial charge in [0.05, 0.1) is 11.9 Å². The van der Waals surface area contributed by atoms with E-state index in [-0.39, 0.29) is 0 Å². The van der Waals surface area contributed by atoms with E-state index in [2.05, 4.69) is 16.5 Å². The largest absolute Gasteiger partial charge is 0.316 e. The van der Waals surface area contributed by atoms with Crippen LogP contribution in [0, 0.1) is 0 Å². The summed E-state index contributed by atoms with van der Waals surface area (Å²) in [6, 6.07) is 16.2. The first kappa shape index (κ1) is 13.9. The highest BCUT2D eigenvalue weighted by molar-refractivity contribution is 6.31. The van der Waals surface area contributed by atoms with E-state index in [1.165, 1.54) is 0 Å². The molecule has 0 aliphatic heterocycles. The van der Waals surface area contributed by atoms with Crippen molar-refractivity contribution >= 4 is 11.6 Å². The van der Waals surface area contributed by atoms with Crippen molar-refractivity contribution < 1.29 is 0 Å². The molecule has 0 saturated carbocycles. The average Bonchev–Trinajstić information content (AvgIpc) is 3.00. The van der Waals surface area contributed by atoms with Crippen LogP contribution in [0.15, 0.2) is 60.9 Å². The molecule has 106 valence electrons. The summed E-state index contributed by atoms with van der Waals surface area (Å²) in [5.41, 5.74) is 4.26. The van der Waals surface area contributed by atoms with Gasteiger partial charge in [0.2, 0.25) is 0 Å². The Labute approximate surface area is 129 Å². The number of nitrogens with zero attached hydrogens (tertiary/aromatic N) is 2. The van der Waals surface area contributed by atoms with Gasteiger partial charge in [0.15, 0.2) is 0 Å². The van der Waals surface area contributed by atoms with Crippen molar-refractivity contribution in [3.63, 3.8) is 0 Å². The van der Waals surface area contributed by atoms with Crippen LogP contribution in [0.4, 0.5) is 0 Å². The zero-order valence-corrected chi connectivity index (χ0v) is 12.5. The Morgan fingerprint density at radius 1 is 1.10 bits per heavy atom. The lowest BCUT2D eigenvalue weighted by molar-refractivity contribution is 0.818. The molecule has 0 atom stereocenters. The standard InChI is InChI=1S/C17H16ClN3/c1-19-10-14-8-7-13(9-17(14)18)15-11-20-21(12-15)16-5-3-2-4-6-16/h2-9,11-12,19H,10H2,1H3. The number of hydrogen-bond acceptors (Lipinski definition) is 2. The summed E-state index contributed by atoms with van der Waals surface area (Å²) >= 11 is 6.31. The topological polar surface area (TPSA) is 29.9 Å². The second kappa shape index (κ2) is 6.12. The minimum atomic E-state index is 0.766. The van der Waals surface area contributed by atoms with E-state index in [0.717, 1.165) is 33.9 Å². The lowest BCUT2D eigenvalue weighted by atomic mass is 10.1. The van der Waals surface area contributed by atoms with Gasteiger partial charge in [-0.3, -0.25) is 0 Å². The van der Waals surface area contributed by atoms with Crippen LogP contribution in [-0.2, 0) is 6.54 Å². The first-order chi connectivity index (χ1) is 10.3. The molecule has 3 rings (SSSR count). The summed E-state index contributed by atoms with van der Waals surface area (Å²) < 4.78 is 1.87. The van der Waals surface area contributed by atoms with Crippen molar-refractivity contribution in [1.29, 1.82) is 0 Å². The van der Waals surface area contributed by atoms with E-state index in [1.807, 2.05) is 66.6 Å². The molecule has 21 heavy (non-hydrogen) atoms. The lowest BCUT2D eigenvalue weighted by Crippen LogP contribution is -2.05. The Balaban J connectivity index is 1.91. The number of para-hydroxylation sites is 1. The molecule has 0 radical (unpaired) electrons. The molecule has 0 unspecified atom stereocenters. The number of halogens is 1. The third-order valence-electron chi connectivity index (χ3n) is 3.36. The Hall–Kier alpha value is -2.10. The highest BCUT2D eigenvalue weighted by atomic mass is 35.5. The molecule has 0 amide bonds. The van der Waals surface area contributed by atoms with Gasteiger partial charge in [-0.25, -0.2) is 4.68 Å². The molecule has 0 aliphatic carbocycles. The Bertz CT molecular complexity index is 735. The highest BCUT2D eigenvalue weighted by Crippen LogP contribution is 2.26. The minimum absolute atomic E-state index is 0.766. The van der Waals surface area contributed by atoms with Crippen molar-refractivity contribution in [1.82, 2.24) is 15.1 Å². The van der Waals surface area contributed by atoms with Crippen LogP contribution in [0.3, 0.4) is 0 Å². The van der Waals surface area contributed by atoms with Crippen LogP contribution < -0.4 is 5.32 Å². The highest BCUT2D eigenvalue weighted by Gasteiger charge is 2.06. The van der Waals surface area contributed by atoms with Gasteiger partial charge in [-0.1, -0.05) is 41.9 Å². The van der Waals surface area contributed by atoms with Gasteiger partial charge in [0, 0.05) is 23.3 Å². The Morgan fingerprint density at radius 2 is 1.90 bits per heavy atom. The predicted octanol–water partition coefficient (Wildman–Crippen LogP) is 3.91. The Kier molecular flexibility index (Phi) is 4.04. The first-order valence-electron chi connectivity index (χ1n) is 6.81.